The van der Waals surface area contributed by atoms with Crippen molar-refractivity contribution in [3.63, 3.8) is 0 Å². The zero-order valence-corrected chi connectivity index (χ0v) is 12.1. The average Bonchev–Trinajstić information content (AvgIpc) is 2.82. The third-order valence-corrected chi connectivity index (χ3v) is 4.34. The highest BCUT2D eigenvalue weighted by atomic mass is 32.1. The van der Waals surface area contributed by atoms with Crippen LogP contribution < -0.4 is 0 Å². The molecular weight excluding hydrogens is 246 g/mol. The molecule has 0 fully saturated rings. The maximum absolute atomic E-state index is 12.2. The van der Waals surface area contributed by atoms with Gasteiger partial charge in [0, 0.05) is 11.4 Å². The van der Waals surface area contributed by atoms with Gasteiger partial charge in [-0.05, 0) is 43.7 Å². The van der Waals surface area contributed by atoms with Crippen LogP contribution in [0.4, 0.5) is 0 Å². The van der Waals surface area contributed by atoms with Crippen LogP contribution in [0.3, 0.4) is 0 Å². The fourth-order valence-electron chi connectivity index (χ4n) is 2.46. The third-order valence-electron chi connectivity index (χ3n) is 3.34. The van der Waals surface area contributed by atoms with Crippen molar-refractivity contribution in [3.8, 4) is 0 Å². The first-order chi connectivity index (χ1) is 8.63. The molecule has 1 aliphatic rings. The highest BCUT2D eigenvalue weighted by Crippen LogP contribution is 2.35. The van der Waals surface area contributed by atoms with Crippen LogP contribution in [-0.4, -0.2) is 30.1 Å². The van der Waals surface area contributed by atoms with Gasteiger partial charge in [-0.25, -0.2) is 0 Å². The molecule has 0 spiro atoms. The molecule has 3 nitrogen and oxygen atoms in total. The van der Waals surface area contributed by atoms with Crippen LogP contribution in [0.15, 0.2) is 11.4 Å². The molecule has 0 aromatic carbocycles. The summed E-state index contributed by atoms with van der Waals surface area (Å²) < 4.78 is 5.43. The first-order valence-corrected chi connectivity index (χ1v) is 7.48. The van der Waals surface area contributed by atoms with Crippen LogP contribution in [0.5, 0.6) is 0 Å². The number of rotatable bonds is 4. The van der Waals surface area contributed by atoms with E-state index in [9.17, 15) is 4.79 Å². The molecule has 2 rings (SSSR count). The van der Waals surface area contributed by atoms with E-state index in [0.29, 0.717) is 0 Å². The lowest BCUT2D eigenvalue weighted by atomic mass is 9.98. The zero-order valence-electron chi connectivity index (χ0n) is 11.3. The van der Waals surface area contributed by atoms with Crippen LogP contribution in [0.2, 0.25) is 0 Å². The van der Waals surface area contributed by atoms with Gasteiger partial charge in [0.15, 0.2) is 0 Å². The van der Waals surface area contributed by atoms with Crippen molar-refractivity contribution in [2.75, 3.05) is 13.2 Å². The van der Waals surface area contributed by atoms with Crippen molar-refractivity contribution in [2.45, 2.75) is 45.8 Å². The molecular formula is C14H21NO2S. The first kappa shape index (κ1) is 13.6. The fraction of sp³-hybridized carbons (Fsp3) is 0.643. The summed E-state index contributed by atoms with van der Waals surface area (Å²) in [5.74, 6) is 0.118. The summed E-state index contributed by atoms with van der Waals surface area (Å²) >= 11 is 1.81. The molecule has 1 aromatic heterocycles. The van der Waals surface area contributed by atoms with Crippen LogP contribution in [0, 0.1) is 0 Å². The molecule has 0 radical (unpaired) electrons. The van der Waals surface area contributed by atoms with Crippen molar-refractivity contribution in [3.05, 3.63) is 21.9 Å². The molecule has 18 heavy (non-hydrogen) atoms. The van der Waals surface area contributed by atoms with Gasteiger partial charge in [-0.2, -0.15) is 0 Å². The number of hydrogen-bond donors (Lipinski definition) is 0. The van der Waals surface area contributed by atoms with Gasteiger partial charge in [-0.1, -0.05) is 6.92 Å². The molecule has 1 aliphatic heterocycles. The van der Waals surface area contributed by atoms with Crippen LogP contribution in [0.1, 0.15) is 43.7 Å². The lowest BCUT2D eigenvalue weighted by Crippen LogP contribution is -2.41. The topological polar surface area (TPSA) is 29.5 Å². The summed E-state index contributed by atoms with van der Waals surface area (Å²) in [6, 6.07) is 2.40. The number of fused-ring (bicyclic) bond motifs is 1. The Balaban J connectivity index is 2.08. The van der Waals surface area contributed by atoms with E-state index in [1.807, 2.05) is 30.1 Å². The quantitative estimate of drug-likeness (QED) is 0.839. The normalized spacial score (nSPS) is 19.1. The van der Waals surface area contributed by atoms with E-state index in [4.69, 9.17) is 4.74 Å². The van der Waals surface area contributed by atoms with Crippen LogP contribution in [-0.2, 0) is 16.0 Å². The van der Waals surface area contributed by atoms with Gasteiger partial charge in [0.25, 0.3) is 0 Å². The lowest BCUT2D eigenvalue weighted by Gasteiger charge is -2.35. The molecule has 100 valence electrons. The minimum absolute atomic E-state index is 0.107. The van der Waals surface area contributed by atoms with Gasteiger partial charge in [-0.3, -0.25) is 4.79 Å². The Hall–Kier alpha value is -0.870. The van der Waals surface area contributed by atoms with Crippen LogP contribution in [0.25, 0.3) is 0 Å². The van der Waals surface area contributed by atoms with E-state index < -0.39 is 0 Å². The summed E-state index contributed by atoms with van der Waals surface area (Å²) in [6.07, 6.45) is 2.06. The number of ether oxygens (including phenoxy) is 1. The molecule has 0 saturated heterocycles. The minimum Gasteiger partial charge on any atom is -0.369 e. The van der Waals surface area contributed by atoms with Crippen LogP contribution >= 0.6 is 11.3 Å². The van der Waals surface area contributed by atoms with Crippen molar-refractivity contribution < 1.29 is 9.53 Å². The number of carbonyl (C=O) groups excluding carboxylic acids is 1. The van der Waals surface area contributed by atoms with E-state index in [1.165, 1.54) is 10.4 Å². The Morgan fingerprint density at radius 2 is 2.39 bits per heavy atom. The molecule has 0 saturated carbocycles. The molecule has 4 heteroatoms. The van der Waals surface area contributed by atoms with E-state index in [0.717, 1.165) is 19.4 Å². The Kier molecular flexibility index (Phi) is 4.40. The van der Waals surface area contributed by atoms with E-state index in [2.05, 4.69) is 18.4 Å². The molecule has 1 atom stereocenters. The number of thiophene rings is 1. The highest BCUT2D eigenvalue weighted by molar-refractivity contribution is 7.10. The molecule has 2 heterocycles. The Morgan fingerprint density at radius 1 is 1.61 bits per heavy atom. The SMILES string of the molecule is CCC1c2ccsc2CCN1C(=O)COC(C)C. The Labute approximate surface area is 113 Å². The number of amides is 1. The fourth-order valence-corrected chi connectivity index (χ4v) is 3.38. The highest BCUT2D eigenvalue weighted by Gasteiger charge is 2.30. The first-order valence-electron chi connectivity index (χ1n) is 6.60. The van der Waals surface area contributed by atoms with E-state index in [1.54, 1.807) is 0 Å². The monoisotopic (exact) mass is 267 g/mol. The van der Waals surface area contributed by atoms with Crippen molar-refractivity contribution in [1.82, 2.24) is 4.90 Å². The van der Waals surface area contributed by atoms with Gasteiger partial charge >= 0.3 is 0 Å². The largest absolute Gasteiger partial charge is 0.369 e. The molecule has 0 bridgehead atoms. The van der Waals surface area contributed by atoms with Crippen molar-refractivity contribution >= 4 is 17.2 Å². The zero-order chi connectivity index (χ0) is 13.1. The summed E-state index contributed by atoms with van der Waals surface area (Å²) in [5, 5.41) is 2.13. The van der Waals surface area contributed by atoms with Crippen molar-refractivity contribution in [2.24, 2.45) is 0 Å². The summed E-state index contributed by atoms with van der Waals surface area (Å²) in [5.41, 5.74) is 1.34. The molecule has 1 aromatic rings. The molecule has 0 N–H and O–H groups in total. The summed E-state index contributed by atoms with van der Waals surface area (Å²) in [7, 11) is 0. The maximum atomic E-state index is 12.2. The predicted octanol–water partition coefficient (Wildman–Crippen LogP) is 3.01. The van der Waals surface area contributed by atoms with Gasteiger partial charge in [0.1, 0.15) is 6.61 Å². The summed E-state index contributed by atoms with van der Waals surface area (Å²) in [4.78, 5) is 15.6. The second-order valence-electron chi connectivity index (χ2n) is 4.92. The molecule has 0 aliphatic carbocycles. The minimum atomic E-state index is 0.107. The third kappa shape index (κ3) is 2.75. The van der Waals surface area contributed by atoms with E-state index >= 15 is 0 Å². The lowest BCUT2D eigenvalue weighted by molar-refractivity contribution is -0.140. The van der Waals surface area contributed by atoms with Gasteiger partial charge in [0.05, 0.1) is 12.1 Å². The molecule has 1 unspecified atom stereocenters. The second-order valence-corrected chi connectivity index (χ2v) is 5.92. The number of carbonyl (C=O) groups is 1. The average molecular weight is 267 g/mol. The number of hydrogen-bond acceptors (Lipinski definition) is 3. The number of nitrogens with zero attached hydrogens (tertiary/aromatic N) is 1. The predicted molar refractivity (Wildman–Crippen MR) is 73.9 cm³/mol. The van der Waals surface area contributed by atoms with E-state index in [-0.39, 0.29) is 24.7 Å². The second kappa shape index (κ2) is 5.85. The standard InChI is InChI=1S/C14H21NO2S/c1-4-12-11-6-8-18-13(11)5-7-15(12)14(16)9-17-10(2)3/h6,8,10,12H,4-5,7,9H2,1-3H3. The Bertz CT molecular complexity index is 414. The molecule has 1 amide bonds. The summed E-state index contributed by atoms with van der Waals surface area (Å²) in [6.45, 7) is 7.08. The smallest absolute Gasteiger partial charge is 0.249 e. The van der Waals surface area contributed by atoms with Gasteiger partial charge in [-0.15, -0.1) is 11.3 Å². The van der Waals surface area contributed by atoms with Gasteiger partial charge < -0.3 is 9.64 Å². The Morgan fingerprint density at radius 3 is 3.06 bits per heavy atom. The van der Waals surface area contributed by atoms with Crippen molar-refractivity contribution in [1.29, 1.82) is 0 Å². The maximum Gasteiger partial charge on any atom is 0.249 e. The van der Waals surface area contributed by atoms with Gasteiger partial charge in [0.2, 0.25) is 5.91 Å².